The molecule has 1 N–H and O–H groups in total. The molecule has 1 saturated heterocycles. The molecule has 1 aromatic heterocycles. The Hall–Kier alpha value is -2.84. The van der Waals surface area contributed by atoms with E-state index in [-0.39, 0.29) is 5.75 Å². The summed E-state index contributed by atoms with van der Waals surface area (Å²) in [4.78, 5) is 11.7. The third-order valence-corrected chi connectivity index (χ3v) is 8.08. The van der Waals surface area contributed by atoms with Crippen molar-refractivity contribution in [3.63, 3.8) is 0 Å². The van der Waals surface area contributed by atoms with Gasteiger partial charge in [-0.3, -0.25) is 4.90 Å². The van der Waals surface area contributed by atoms with Gasteiger partial charge in [0.25, 0.3) is 0 Å². The zero-order chi connectivity index (χ0) is 26.4. The quantitative estimate of drug-likeness (QED) is 0.471. The predicted molar refractivity (Wildman–Crippen MR) is 158 cm³/mol. The van der Waals surface area contributed by atoms with Crippen molar-refractivity contribution >= 4 is 29.2 Å². The molecule has 198 valence electrons. The Bertz CT molecular complexity index is 1170. The summed E-state index contributed by atoms with van der Waals surface area (Å²) >= 11 is 1.77. The smallest absolute Gasteiger partial charge is 0.162 e. The van der Waals surface area contributed by atoms with E-state index in [1.807, 2.05) is 6.07 Å². The topological polar surface area (TPSA) is 42.4 Å². The molecule has 4 rings (SSSR count). The van der Waals surface area contributed by atoms with Crippen LogP contribution in [0.25, 0.3) is 22.6 Å². The Kier molecular flexibility index (Phi) is 9.27. The van der Waals surface area contributed by atoms with Gasteiger partial charge in [-0.25, -0.2) is 0 Å². The number of aromatic hydroxyl groups is 1. The van der Waals surface area contributed by atoms with Gasteiger partial charge < -0.3 is 24.5 Å². The van der Waals surface area contributed by atoms with E-state index in [0.29, 0.717) is 12.3 Å². The first-order chi connectivity index (χ1) is 17.8. The van der Waals surface area contributed by atoms with E-state index in [2.05, 4.69) is 102 Å². The lowest BCUT2D eigenvalue weighted by Crippen LogP contribution is -2.34. The molecule has 37 heavy (non-hydrogen) atoms. The molecule has 0 atom stereocenters. The number of likely N-dealkylation sites (N-methyl/N-ethyl adjacent to an activating group) is 2. The minimum atomic E-state index is 0.237. The molecular weight excluding hydrogens is 480 g/mol. The van der Waals surface area contributed by atoms with Crippen LogP contribution in [0.1, 0.15) is 16.0 Å². The van der Waals surface area contributed by atoms with Crippen molar-refractivity contribution in [2.75, 3.05) is 79.5 Å². The maximum Gasteiger partial charge on any atom is 0.162 e. The number of methoxy groups -OCH3 is 1. The number of ether oxygens (including phenoxy) is 1. The summed E-state index contributed by atoms with van der Waals surface area (Å²) < 4.78 is 5.53. The SMILES string of the molecule is COc1cc(/C=C/c2ccc(-c3ccc(N(C)C)cc3)s2)cc(CN2CCN(C)CCN(C)CC2)c1O. The van der Waals surface area contributed by atoms with E-state index in [9.17, 15) is 5.11 Å². The monoisotopic (exact) mass is 520 g/mol. The molecule has 0 spiro atoms. The Balaban J connectivity index is 1.50. The first-order valence-corrected chi connectivity index (χ1v) is 13.7. The van der Waals surface area contributed by atoms with Gasteiger partial charge in [-0.05, 0) is 67.7 Å². The van der Waals surface area contributed by atoms with Crippen LogP contribution in [0.2, 0.25) is 0 Å². The lowest BCUT2D eigenvalue weighted by molar-refractivity contribution is 0.225. The van der Waals surface area contributed by atoms with Crippen LogP contribution in [0.4, 0.5) is 5.69 Å². The van der Waals surface area contributed by atoms with Gasteiger partial charge in [-0.15, -0.1) is 11.3 Å². The fourth-order valence-electron chi connectivity index (χ4n) is 4.46. The van der Waals surface area contributed by atoms with Gasteiger partial charge >= 0.3 is 0 Å². The number of thiophene rings is 1. The Labute approximate surface area is 226 Å². The number of hydrogen-bond donors (Lipinski definition) is 1. The van der Waals surface area contributed by atoms with Gasteiger partial charge in [0.2, 0.25) is 0 Å². The van der Waals surface area contributed by atoms with E-state index in [1.54, 1.807) is 18.4 Å². The van der Waals surface area contributed by atoms with Gasteiger partial charge in [0.05, 0.1) is 7.11 Å². The first kappa shape index (κ1) is 27.2. The standard InChI is InChI=1S/C30H40N4O2S/c1-31(2)26-9-7-24(8-10-26)29-13-12-27(37-29)11-6-23-20-25(30(35)28(21-23)36-5)22-34-18-16-32(3)14-15-33(4)17-19-34/h6-13,20-21,35H,14-19,22H2,1-5H3/b11-6+. The van der Waals surface area contributed by atoms with Crippen molar-refractivity contribution in [1.82, 2.24) is 14.7 Å². The summed E-state index contributed by atoms with van der Waals surface area (Å²) in [5.41, 5.74) is 4.34. The van der Waals surface area contributed by atoms with E-state index in [4.69, 9.17) is 4.74 Å². The fraction of sp³-hybridized carbons (Fsp3) is 0.400. The molecule has 7 heteroatoms. The fourth-order valence-corrected chi connectivity index (χ4v) is 5.38. The Morgan fingerprint density at radius 1 is 0.892 bits per heavy atom. The molecule has 0 amide bonds. The van der Waals surface area contributed by atoms with Crippen molar-refractivity contribution in [2.45, 2.75) is 6.54 Å². The molecule has 2 aromatic carbocycles. The number of benzene rings is 2. The highest BCUT2D eigenvalue weighted by Gasteiger charge is 2.17. The van der Waals surface area contributed by atoms with Crippen molar-refractivity contribution in [2.24, 2.45) is 0 Å². The van der Waals surface area contributed by atoms with Crippen molar-refractivity contribution < 1.29 is 9.84 Å². The number of hydrogen-bond acceptors (Lipinski definition) is 7. The van der Waals surface area contributed by atoms with E-state index in [1.165, 1.54) is 21.0 Å². The highest BCUT2D eigenvalue weighted by atomic mass is 32.1. The zero-order valence-electron chi connectivity index (χ0n) is 22.8. The summed E-state index contributed by atoms with van der Waals surface area (Å²) in [5, 5.41) is 10.9. The largest absolute Gasteiger partial charge is 0.504 e. The molecule has 1 aliphatic heterocycles. The molecule has 0 unspecified atom stereocenters. The molecule has 0 radical (unpaired) electrons. The van der Waals surface area contributed by atoms with Gasteiger partial charge in [0.15, 0.2) is 11.5 Å². The van der Waals surface area contributed by atoms with Crippen LogP contribution in [-0.2, 0) is 6.54 Å². The predicted octanol–water partition coefficient (Wildman–Crippen LogP) is 5.04. The molecule has 1 aliphatic rings. The second-order valence-corrected chi connectivity index (χ2v) is 11.2. The lowest BCUT2D eigenvalue weighted by Gasteiger charge is -2.25. The van der Waals surface area contributed by atoms with E-state index in [0.717, 1.165) is 50.4 Å². The number of phenolic OH excluding ortho intramolecular Hbond substituents is 1. The molecule has 0 aliphatic carbocycles. The molecule has 1 fully saturated rings. The molecule has 6 nitrogen and oxygen atoms in total. The van der Waals surface area contributed by atoms with E-state index >= 15 is 0 Å². The Morgan fingerprint density at radius 2 is 1.54 bits per heavy atom. The first-order valence-electron chi connectivity index (χ1n) is 12.9. The van der Waals surface area contributed by atoms with Crippen LogP contribution in [0.15, 0.2) is 48.5 Å². The van der Waals surface area contributed by atoms with Crippen molar-refractivity contribution in [3.8, 4) is 21.9 Å². The van der Waals surface area contributed by atoms with Crippen LogP contribution in [-0.4, -0.2) is 94.4 Å². The van der Waals surface area contributed by atoms with E-state index < -0.39 is 0 Å². The highest BCUT2D eigenvalue weighted by molar-refractivity contribution is 7.16. The third kappa shape index (κ3) is 7.36. The maximum absolute atomic E-state index is 10.9. The summed E-state index contributed by atoms with van der Waals surface area (Å²) in [7, 11) is 10.1. The van der Waals surface area contributed by atoms with Crippen LogP contribution >= 0.6 is 11.3 Å². The maximum atomic E-state index is 10.9. The second-order valence-electron chi connectivity index (χ2n) is 10.1. The normalized spacial score (nSPS) is 16.5. The minimum absolute atomic E-state index is 0.237. The minimum Gasteiger partial charge on any atom is -0.504 e. The van der Waals surface area contributed by atoms with Gasteiger partial charge in [0, 0.05) is 80.9 Å². The number of anilines is 1. The summed E-state index contributed by atoms with van der Waals surface area (Å²) in [6.45, 7) is 6.83. The van der Waals surface area contributed by atoms with Gasteiger partial charge in [-0.2, -0.15) is 0 Å². The van der Waals surface area contributed by atoms with Gasteiger partial charge in [0.1, 0.15) is 0 Å². The van der Waals surface area contributed by atoms with Crippen molar-refractivity contribution in [1.29, 1.82) is 0 Å². The molecular formula is C30H40N4O2S. The molecule has 0 saturated carbocycles. The second kappa shape index (κ2) is 12.6. The molecule has 2 heterocycles. The third-order valence-electron chi connectivity index (χ3n) is 6.98. The summed E-state index contributed by atoms with van der Waals surface area (Å²) in [6, 6.07) is 17.0. The Morgan fingerprint density at radius 3 is 2.16 bits per heavy atom. The highest BCUT2D eigenvalue weighted by Crippen LogP contribution is 2.34. The number of rotatable bonds is 7. The van der Waals surface area contributed by atoms with Crippen molar-refractivity contribution in [3.05, 3.63) is 64.5 Å². The lowest BCUT2D eigenvalue weighted by atomic mass is 10.1. The van der Waals surface area contributed by atoms with Crippen LogP contribution in [0.3, 0.4) is 0 Å². The van der Waals surface area contributed by atoms with Crippen LogP contribution < -0.4 is 9.64 Å². The molecule has 0 bridgehead atoms. The summed E-state index contributed by atoms with van der Waals surface area (Å²) in [6.07, 6.45) is 4.25. The zero-order valence-corrected chi connectivity index (χ0v) is 23.6. The van der Waals surface area contributed by atoms with Crippen LogP contribution in [0.5, 0.6) is 11.5 Å². The number of phenols is 1. The van der Waals surface area contributed by atoms with Crippen LogP contribution in [0, 0.1) is 0 Å². The molecule has 3 aromatic rings. The number of nitrogens with zero attached hydrogens (tertiary/aromatic N) is 4. The average molecular weight is 521 g/mol. The summed E-state index contributed by atoms with van der Waals surface area (Å²) in [5.74, 6) is 0.754. The average Bonchev–Trinajstić information content (AvgIpc) is 3.39. The van der Waals surface area contributed by atoms with Gasteiger partial charge in [-0.1, -0.05) is 18.2 Å².